The average Bonchev–Trinajstić information content (AvgIpc) is 2.76. The van der Waals surface area contributed by atoms with Crippen LogP contribution in [-0.4, -0.2) is 37.5 Å². The number of ether oxygens (including phenoxy) is 1. The van der Waals surface area contributed by atoms with Gasteiger partial charge in [0.1, 0.15) is 5.60 Å². The van der Waals surface area contributed by atoms with Crippen molar-refractivity contribution in [3.05, 3.63) is 17.7 Å². The Labute approximate surface area is 139 Å². The molecule has 1 amide bonds. The first-order chi connectivity index (χ1) is 10.8. The van der Waals surface area contributed by atoms with Gasteiger partial charge in [0, 0.05) is 18.8 Å². The maximum absolute atomic E-state index is 11.7. The monoisotopic (exact) mass is 337 g/mol. The third kappa shape index (κ3) is 3.90. The molecule has 0 aliphatic heterocycles. The Morgan fingerprint density at radius 2 is 2.17 bits per heavy atom. The molecule has 124 valence electrons. The van der Waals surface area contributed by atoms with Crippen LogP contribution in [0.1, 0.15) is 33.6 Å². The molecule has 2 aromatic heterocycles. The number of carbonyl (C=O) groups excluding carboxylic acids is 1. The van der Waals surface area contributed by atoms with Crippen LogP contribution in [0.3, 0.4) is 0 Å². The van der Waals surface area contributed by atoms with Crippen LogP contribution in [0.15, 0.2) is 12.4 Å². The van der Waals surface area contributed by atoms with Gasteiger partial charge in [-0.25, -0.2) is 14.5 Å². The molecule has 1 fully saturated rings. The predicted molar refractivity (Wildman–Crippen MR) is 86.2 cm³/mol. The van der Waals surface area contributed by atoms with Crippen molar-refractivity contribution in [1.82, 2.24) is 25.1 Å². The van der Waals surface area contributed by atoms with Gasteiger partial charge in [-0.15, -0.1) is 0 Å². The second kappa shape index (κ2) is 5.96. The quantitative estimate of drug-likeness (QED) is 0.871. The van der Waals surface area contributed by atoms with Gasteiger partial charge >= 0.3 is 6.09 Å². The number of alkyl carbamates (subject to hydrolysis) is 1. The summed E-state index contributed by atoms with van der Waals surface area (Å²) < 4.78 is 7.10. The van der Waals surface area contributed by atoms with Gasteiger partial charge in [0.05, 0.1) is 11.6 Å². The lowest BCUT2D eigenvalue weighted by Gasteiger charge is -2.36. The Bertz CT molecular complexity index is 718. The van der Waals surface area contributed by atoms with Gasteiger partial charge in [-0.3, -0.25) is 0 Å². The van der Waals surface area contributed by atoms with Crippen LogP contribution in [0.5, 0.6) is 0 Å². The van der Waals surface area contributed by atoms with Crippen molar-refractivity contribution in [3.8, 4) is 0 Å². The molecule has 7 nitrogen and oxygen atoms in total. The van der Waals surface area contributed by atoms with E-state index in [2.05, 4.69) is 20.4 Å². The Morgan fingerprint density at radius 3 is 2.87 bits per heavy atom. The fourth-order valence-electron chi connectivity index (χ4n) is 2.70. The minimum absolute atomic E-state index is 0.162. The van der Waals surface area contributed by atoms with Gasteiger partial charge < -0.3 is 10.1 Å². The number of amides is 1. The van der Waals surface area contributed by atoms with Gasteiger partial charge in [-0.1, -0.05) is 0 Å². The molecule has 2 aromatic rings. The fourth-order valence-corrected chi connectivity index (χ4v) is 2.83. The third-order valence-electron chi connectivity index (χ3n) is 3.73. The van der Waals surface area contributed by atoms with E-state index in [0.717, 1.165) is 30.4 Å². The smallest absolute Gasteiger partial charge is 0.407 e. The van der Waals surface area contributed by atoms with E-state index in [1.54, 1.807) is 12.4 Å². The van der Waals surface area contributed by atoms with Crippen LogP contribution >= 0.6 is 11.6 Å². The zero-order valence-electron chi connectivity index (χ0n) is 13.4. The van der Waals surface area contributed by atoms with E-state index in [0.29, 0.717) is 5.92 Å². The molecular weight excluding hydrogens is 318 g/mol. The topological polar surface area (TPSA) is 81.9 Å². The summed E-state index contributed by atoms with van der Waals surface area (Å²) in [5.41, 5.74) is 0.272. The number of nitrogens with zero attached hydrogens (tertiary/aromatic N) is 4. The Kier molecular flexibility index (Phi) is 4.14. The van der Waals surface area contributed by atoms with Crippen LogP contribution in [0.2, 0.25) is 5.28 Å². The summed E-state index contributed by atoms with van der Waals surface area (Å²) in [5, 5.41) is 8.32. The first-order valence-corrected chi connectivity index (χ1v) is 8.01. The van der Waals surface area contributed by atoms with Gasteiger partial charge in [0.25, 0.3) is 0 Å². The minimum Gasteiger partial charge on any atom is -0.444 e. The molecule has 0 bridgehead atoms. The molecule has 0 aromatic carbocycles. The first kappa shape index (κ1) is 16.0. The summed E-state index contributed by atoms with van der Waals surface area (Å²) >= 11 is 5.84. The molecule has 2 heterocycles. The summed E-state index contributed by atoms with van der Waals surface area (Å²) in [6.07, 6.45) is 4.85. The van der Waals surface area contributed by atoms with Crippen LogP contribution < -0.4 is 5.32 Å². The second-order valence-corrected chi connectivity index (χ2v) is 7.26. The lowest BCUT2D eigenvalue weighted by atomic mass is 9.80. The highest BCUT2D eigenvalue weighted by atomic mass is 35.5. The third-order valence-corrected chi connectivity index (χ3v) is 3.92. The molecular formula is C15H20ClN5O2. The number of rotatable bonds is 3. The molecule has 0 unspecified atom stereocenters. The number of hydrogen-bond donors (Lipinski definition) is 1. The summed E-state index contributed by atoms with van der Waals surface area (Å²) in [6.45, 7) is 6.31. The van der Waals surface area contributed by atoms with E-state index < -0.39 is 5.60 Å². The summed E-state index contributed by atoms with van der Waals surface area (Å²) in [6, 6.07) is 0.162. The number of nitrogens with one attached hydrogen (secondary N) is 1. The molecule has 0 radical (unpaired) electrons. The Morgan fingerprint density at radius 1 is 1.43 bits per heavy atom. The van der Waals surface area contributed by atoms with Crippen molar-refractivity contribution in [1.29, 1.82) is 0 Å². The maximum Gasteiger partial charge on any atom is 0.407 e. The highest BCUT2D eigenvalue weighted by Crippen LogP contribution is 2.30. The Hall–Kier alpha value is -1.89. The molecule has 3 rings (SSSR count). The van der Waals surface area contributed by atoms with Crippen molar-refractivity contribution in [3.63, 3.8) is 0 Å². The minimum atomic E-state index is -0.472. The van der Waals surface area contributed by atoms with E-state index in [1.807, 2.05) is 25.5 Å². The number of fused-ring (bicyclic) bond motifs is 1. The zero-order valence-corrected chi connectivity index (χ0v) is 14.2. The Balaban J connectivity index is 1.52. The summed E-state index contributed by atoms with van der Waals surface area (Å²) in [7, 11) is 0. The van der Waals surface area contributed by atoms with E-state index in [-0.39, 0.29) is 17.4 Å². The van der Waals surface area contributed by atoms with Crippen LogP contribution in [0, 0.1) is 5.92 Å². The molecule has 0 spiro atoms. The van der Waals surface area contributed by atoms with Gasteiger partial charge in [-0.05, 0) is 51.1 Å². The number of aromatic nitrogens is 4. The molecule has 8 heteroatoms. The fraction of sp³-hybridized carbons (Fsp3) is 0.600. The van der Waals surface area contributed by atoms with E-state index in [4.69, 9.17) is 16.3 Å². The van der Waals surface area contributed by atoms with Crippen molar-refractivity contribution in [2.45, 2.75) is 51.8 Å². The highest BCUT2D eigenvalue weighted by Gasteiger charge is 2.32. The maximum atomic E-state index is 11.7. The van der Waals surface area contributed by atoms with Crippen molar-refractivity contribution in [2.24, 2.45) is 5.92 Å². The van der Waals surface area contributed by atoms with E-state index in [9.17, 15) is 4.79 Å². The average molecular weight is 338 g/mol. The molecule has 0 saturated heterocycles. The van der Waals surface area contributed by atoms with Crippen molar-refractivity contribution >= 4 is 28.7 Å². The molecule has 0 atom stereocenters. The van der Waals surface area contributed by atoms with Gasteiger partial charge in [0.15, 0.2) is 5.65 Å². The lowest BCUT2D eigenvalue weighted by Crippen LogP contribution is -2.47. The zero-order chi connectivity index (χ0) is 16.6. The largest absolute Gasteiger partial charge is 0.444 e. The molecule has 1 saturated carbocycles. The number of halogens is 1. The number of hydrogen-bond acceptors (Lipinski definition) is 5. The van der Waals surface area contributed by atoms with E-state index in [1.165, 1.54) is 0 Å². The van der Waals surface area contributed by atoms with Gasteiger partial charge in [0.2, 0.25) is 5.28 Å². The van der Waals surface area contributed by atoms with E-state index >= 15 is 0 Å². The number of carbonyl (C=O) groups is 1. The highest BCUT2D eigenvalue weighted by molar-refractivity contribution is 6.28. The standard InChI is InChI=1S/C15H20ClN5O2/c1-15(2,3)23-14(22)19-11-4-9(5-11)8-21-12-10(7-18-21)6-17-13(16)20-12/h6-7,9,11H,4-5,8H2,1-3H3,(H,19,22). The summed E-state index contributed by atoms with van der Waals surface area (Å²) in [4.78, 5) is 19.9. The predicted octanol–water partition coefficient (Wildman–Crippen LogP) is 2.78. The van der Waals surface area contributed by atoms with Crippen molar-refractivity contribution < 1.29 is 9.53 Å². The first-order valence-electron chi connectivity index (χ1n) is 7.64. The second-order valence-electron chi connectivity index (χ2n) is 6.93. The van der Waals surface area contributed by atoms with Crippen LogP contribution in [0.4, 0.5) is 4.79 Å². The summed E-state index contributed by atoms with van der Waals surface area (Å²) in [5.74, 6) is 0.451. The lowest BCUT2D eigenvalue weighted by molar-refractivity contribution is 0.0445. The normalized spacial score (nSPS) is 21.0. The molecule has 1 aliphatic rings. The molecule has 1 aliphatic carbocycles. The molecule has 23 heavy (non-hydrogen) atoms. The van der Waals surface area contributed by atoms with Crippen molar-refractivity contribution in [2.75, 3.05) is 0 Å². The SMILES string of the molecule is CC(C)(C)OC(=O)NC1CC(Cn2ncc3cnc(Cl)nc32)C1. The van der Waals surface area contributed by atoms with Crippen LogP contribution in [-0.2, 0) is 11.3 Å². The molecule has 1 N–H and O–H groups in total. The van der Waals surface area contributed by atoms with Gasteiger partial charge in [-0.2, -0.15) is 10.1 Å². The van der Waals surface area contributed by atoms with Crippen LogP contribution in [0.25, 0.3) is 11.0 Å².